The van der Waals surface area contributed by atoms with Crippen molar-refractivity contribution in [3.05, 3.63) is 29.8 Å². The molecule has 1 aliphatic rings. The third-order valence-electron chi connectivity index (χ3n) is 3.97. The summed E-state index contributed by atoms with van der Waals surface area (Å²) in [7, 11) is 0. The van der Waals surface area contributed by atoms with Gasteiger partial charge in [0.25, 0.3) is 0 Å². The van der Waals surface area contributed by atoms with Gasteiger partial charge in [-0.3, -0.25) is 0 Å². The molecular formula is C14H16ClFN2. The lowest BCUT2D eigenvalue weighted by atomic mass is 9.78. The molecule has 1 heterocycles. The molecule has 1 atom stereocenters. The molecular weight excluding hydrogens is 251 g/mol. The number of hydrogen-bond acceptors (Lipinski definition) is 1. The highest BCUT2D eigenvalue weighted by Crippen LogP contribution is 2.43. The molecule has 1 aliphatic carbocycles. The highest BCUT2D eigenvalue weighted by molar-refractivity contribution is 6.20. The van der Waals surface area contributed by atoms with Gasteiger partial charge < -0.3 is 4.57 Å². The van der Waals surface area contributed by atoms with Crippen molar-refractivity contribution in [2.45, 2.75) is 44.0 Å². The molecule has 0 N–H and O–H groups in total. The van der Waals surface area contributed by atoms with Crippen LogP contribution in [0.25, 0.3) is 11.0 Å². The number of imidazole rings is 1. The van der Waals surface area contributed by atoms with Gasteiger partial charge in [-0.05, 0) is 45.2 Å². The first kappa shape index (κ1) is 12.0. The summed E-state index contributed by atoms with van der Waals surface area (Å²) in [5.74, 6) is 0.596. The van der Waals surface area contributed by atoms with Crippen LogP contribution in [0.4, 0.5) is 4.39 Å². The summed E-state index contributed by atoms with van der Waals surface area (Å²) < 4.78 is 15.5. The SMILES string of the molecule is CC(Cl)c1nc2cc(F)ccc2n1C1(C)CCC1. The molecule has 4 heteroatoms. The maximum atomic E-state index is 13.3. The van der Waals surface area contributed by atoms with E-state index in [0.29, 0.717) is 5.52 Å². The van der Waals surface area contributed by atoms with E-state index in [1.54, 1.807) is 0 Å². The Morgan fingerprint density at radius 1 is 1.44 bits per heavy atom. The van der Waals surface area contributed by atoms with Crippen molar-refractivity contribution < 1.29 is 4.39 Å². The molecule has 0 amide bonds. The molecule has 0 aliphatic heterocycles. The van der Waals surface area contributed by atoms with Crippen molar-refractivity contribution in [1.82, 2.24) is 9.55 Å². The second kappa shape index (κ2) is 3.95. The van der Waals surface area contributed by atoms with Crippen LogP contribution in [0, 0.1) is 5.82 Å². The fourth-order valence-electron chi connectivity index (χ4n) is 2.82. The highest BCUT2D eigenvalue weighted by Gasteiger charge is 2.37. The zero-order valence-electron chi connectivity index (χ0n) is 10.6. The third-order valence-corrected chi connectivity index (χ3v) is 4.16. The van der Waals surface area contributed by atoms with Crippen LogP contribution in [0.3, 0.4) is 0 Å². The van der Waals surface area contributed by atoms with Crippen molar-refractivity contribution in [3.8, 4) is 0 Å². The molecule has 1 aromatic carbocycles. The standard InChI is InChI=1S/C14H16ClFN2/c1-9(15)13-17-11-8-10(16)4-5-12(11)18(13)14(2)6-3-7-14/h4-5,8-9H,3,6-7H2,1-2H3. The first-order valence-electron chi connectivity index (χ1n) is 6.34. The Morgan fingerprint density at radius 2 is 2.17 bits per heavy atom. The molecule has 2 aromatic rings. The van der Waals surface area contributed by atoms with Gasteiger partial charge in [0, 0.05) is 11.6 Å². The second-order valence-electron chi connectivity index (χ2n) is 5.40. The van der Waals surface area contributed by atoms with E-state index in [-0.39, 0.29) is 16.7 Å². The van der Waals surface area contributed by atoms with Gasteiger partial charge in [-0.25, -0.2) is 9.37 Å². The predicted molar refractivity (Wildman–Crippen MR) is 71.5 cm³/mol. The van der Waals surface area contributed by atoms with E-state index in [1.165, 1.54) is 18.6 Å². The van der Waals surface area contributed by atoms with Gasteiger partial charge in [0.15, 0.2) is 0 Å². The molecule has 0 bridgehead atoms. The highest BCUT2D eigenvalue weighted by atomic mass is 35.5. The van der Waals surface area contributed by atoms with Crippen molar-refractivity contribution in [3.63, 3.8) is 0 Å². The predicted octanol–water partition coefficient (Wildman–Crippen LogP) is 4.37. The van der Waals surface area contributed by atoms with Crippen LogP contribution in [-0.4, -0.2) is 9.55 Å². The Bertz CT molecular complexity index is 599. The molecule has 0 spiro atoms. The lowest BCUT2D eigenvalue weighted by molar-refractivity contribution is 0.169. The minimum atomic E-state index is -0.250. The van der Waals surface area contributed by atoms with Crippen LogP contribution in [0.2, 0.25) is 0 Å². The summed E-state index contributed by atoms with van der Waals surface area (Å²) in [6.07, 6.45) is 3.49. The Balaban J connectivity index is 2.28. The number of rotatable bonds is 2. The summed E-state index contributed by atoms with van der Waals surface area (Å²) in [5, 5.41) is -0.169. The lowest BCUT2D eigenvalue weighted by Crippen LogP contribution is -2.38. The summed E-state index contributed by atoms with van der Waals surface area (Å²) in [5.41, 5.74) is 1.78. The molecule has 0 saturated heterocycles. The minimum Gasteiger partial charge on any atom is -0.321 e. The van der Waals surface area contributed by atoms with Gasteiger partial charge in [0.1, 0.15) is 11.6 Å². The van der Waals surface area contributed by atoms with E-state index >= 15 is 0 Å². The minimum absolute atomic E-state index is 0.0884. The number of alkyl halides is 1. The fourth-order valence-corrected chi connectivity index (χ4v) is 2.96. The molecule has 1 saturated carbocycles. The quantitative estimate of drug-likeness (QED) is 0.738. The average Bonchev–Trinajstić information content (AvgIpc) is 2.64. The Hall–Kier alpha value is -1.09. The second-order valence-corrected chi connectivity index (χ2v) is 6.06. The van der Waals surface area contributed by atoms with Gasteiger partial charge in [0.2, 0.25) is 0 Å². The summed E-state index contributed by atoms with van der Waals surface area (Å²) in [6, 6.07) is 4.78. The topological polar surface area (TPSA) is 17.8 Å². The fraction of sp³-hybridized carbons (Fsp3) is 0.500. The molecule has 1 fully saturated rings. The van der Waals surface area contributed by atoms with Crippen molar-refractivity contribution in [2.75, 3.05) is 0 Å². The van der Waals surface area contributed by atoms with Crippen LogP contribution in [-0.2, 0) is 5.54 Å². The van der Waals surface area contributed by atoms with E-state index in [4.69, 9.17) is 11.6 Å². The van der Waals surface area contributed by atoms with Crippen molar-refractivity contribution in [1.29, 1.82) is 0 Å². The summed E-state index contributed by atoms with van der Waals surface area (Å²) in [6.45, 7) is 4.14. The van der Waals surface area contributed by atoms with Gasteiger partial charge in [-0.15, -0.1) is 11.6 Å². The third kappa shape index (κ3) is 1.64. The zero-order chi connectivity index (χ0) is 12.9. The van der Waals surface area contributed by atoms with E-state index in [9.17, 15) is 4.39 Å². The Morgan fingerprint density at radius 3 is 2.72 bits per heavy atom. The van der Waals surface area contributed by atoms with Gasteiger partial charge in [0.05, 0.1) is 16.4 Å². The molecule has 96 valence electrons. The Kier molecular flexibility index (Phi) is 2.63. The largest absolute Gasteiger partial charge is 0.321 e. The molecule has 3 rings (SSSR count). The van der Waals surface area contributed by atoms with Crippen LogP contribution in [0.5, 0.6) is 0 Å². The first-order chi connectivity index (χ1) is 8.51. The van der Waals surface area contributed by atoms with E-state index in [2.05, 4.69) is 16.5 Å². The molecule has 1 aromatic heterocycles. The molecule has 1 unspecified atom stereocenters. The molecule has 18 heavy (non-hydrogen) atoms. The number of hydrogen-bond donors (Lipinski definition) is 0. The van der Waals surface area contributed by atoms with E-state index < -0.39 is 0 Å². The number of benzene rings is 1. The number of halogens is 2. The van der Waals surface area contributed by atoms with Crippen LogP contribution in [0.1, 0.15) is 44.3 Å². The van der Waals surface area contributed by atoms with Crippen LogP contribution in [0.15, 0.2) is 18.2 Å². The average molecular weight is 267 g/mol. The van der Waals surface area contributed by atoms with Gasteiger partial charge in [-0.2, -0.15) is 0 Å². The Labute approximate surface area is 111 Å². The maximum absolute atomic E-state index is 13.3. The first-order valence-corrected chi connectivity index (χ1v) is 6.77. The van der Waals surface area contributed by atoms with Crippen LogP contribution < -0.4 is 0 Å². The van der Waals surface area contributed by atoms with Crippen molar-refractivity contribution in [2.24, 2.45) is 0 Å². The van der Waals surface area contributed by atoms with E-state index in [1.807, 2.05) is 13.0 Å². The maximum Gasteiger partial charge on any atom is 0.128 e. The van der Waals surface area contributed by atoms with Gasteiger partial charge in [-0.1, -0.05) is 0 Å². The van der Waals surface area contributed by atoms with Crippen LogP contribution >= 0.6 is 11.6 Å². The normalized spacial score (nSPS) is 19.8. The smallest absolute Gasteiger partial charge is 0.128 e. The molecule has 2 nitrogen and oxygen atoms in total. The summed E-state index contributed by atoms with van der Waals surface area (Å²) in [4.78, 5) is 4.51. The van der Waals surface area contributed by atoms with Crippen molar-refractivity contribution >= 4 is 22.6 Å². The monoisotopic (exact) mass is 266 g/mol. The summed E-state index contributed by atoms with van der Waals surface area (Å²) >= 11 is 6.23. The number of aromatic nitrogens is 2. The molecule has 0 radical (unpaired) electrons. The van der Waals surface area contributed by atoms with Gasteiger partial charge >= 0.3 is 0 Å². The zero-order valence-corrected chi connectivity index (χ0v) is 11.3. The number of nitrogens with zero attached hydrogens (tertiary/aromatic N) is 2. The van der Waals surface area contributed by atoms with E-state index in [0.717, 1.165) is 24.2 Å². The number of fused-ring (bicyclic) bond motifs is 1. The lowest BCUT2D eigenvalue weighted by Gasteiger charge is -2.41.